The molecule has 2 heterocycles. The molecule has 1 nitrogen and oxygen atoms in total. The van der Waals surface area contributed by atoms with Crippen LogP contribution in [0.25, 0.3) is 24.3 Å². The van der Waals surface area contributed by atoms with Crippen LogP contribution in [0.4, 0.5) is 8.78 Å². The topological polar surface area (TPSA) is 17.1 Å². The van der Waals surface area contributed by atoms with Crippen LogP contribution in [0.1, 0.15) is 36.8 Å². The molecule has 0 N–H and O–H groups in total. The number of hydrogen-bond acceptors (Lipinski definition) is 3. The smallest absolute Gasteiger partial charge is 0.214 e. The molecule has 0 spiro atoms. The van der Waals surface area contributed by atoms with E-state index >= 15 is 0 Å². The fraction of sp³-hybridized carbons (Fsp3) is 0. The predicted octanol–water partition coefficient (Wildman–Crippen LogP) is 7.66. The molecule has 148 valence electrons. The van der Waals surface area contributed by atoms with Gasteiger partial charge in [0, 0.05) is 0 Å². The summed E-state index contributed by atoms with van der Waals surface area (Å²) in [4.78, 5) is 14.5. The van der Waals surface area contributed by atoms with Crippen molar-refractivity contribution in [2.75, 3.05) is 0 Å². The minimum Gasteiger partial charge on any atom is -0.287 e. The molecule has 0 fully saturated rings. The third-order valence-electron chi connectivity index (χ3n) is 4.45. The molecule has 0 radical (unpaired) electrons. The number of benzene rings is 2. The number of halogens is 2. The van der Waals surface area contributed by atoms with Crippen molar-refractivity contribution < 1.29 is 13.6 Å². The molecular formula is C25H16F2OS2. The lowest BCUT2D eigenvalue weighted by Gasteiger charge is -2.00. The Morgan fingerprint density at radius 2 is 1.00 bits per heavy atom. The first kappa shape index (κ1) is 20.1. The summed E-state index contributed by atoms with van der Waals surface area (Å²) in [7, 11) is 0. The third-order valence-corrected chi connectivity index (χ3v) is 6.31. The van der Waals surface area contributed by atoms with Crippen molar-refractivity contribution in [1.29, 1.82) is 0 Å². The van der Waals surface area contributed by atoms with Gasteiger partial charge in [-0.05, 0) is 69.4 Å². The Morgan fingerprint density at radius 1 is 0.600 bits per heavy atom. The van der Waals surface area contributed by atoms with E-state index in [9.17, 15) is 13.6 Å². The molecule has 30 heavy (non-hydrogen) atoms. The normalized spacial score (nSPS) is 11.5. The average molecular weight is 435 g/mol. The molecule has 0 saturated carbocycles. The van der Waals surface area contributed by atoms with Crippen LogP contribution in [-0.2, 0) is 0 Å². The van der Waals surface area contributed by atoms with Crippen LogP contribution in [0.2, 0.25) is 0 Å². The van der Waals surface area contributed by atoms with Crippen LogP contribution in [0, 0.1) is 11.6 Å². The van der Waals surface area contributed by atoms with Gasteiger partial charge in [0.2, 0.25) is 5.78 Å². The Kier molecular flexibility index (Phi) is 6.12. The van der Waals surface area contributed by atoms with Crippen LogP contribution >= 0.6 is 22.7 Å². The molecule has 0 atom stereocenters. The summed E-state index contributed by atoms with van der Waals surface area (Å²) in [6, 6.07) is 16.2. The molecule has 0 amide bonds. The van der Waals surface area contributed by atoms with Gasteiger partial charge in [0.15, 0.2) is 0 Å². The fourth-order valence-electron chi connectivity index (χ4n) is 2.89. The highest BCUT2D eigenvalue weighted by Gasteiger charge is 2.18. The van der Waals surface area contributed by atoms with E-state index < -0.39 is 0 Å². The van der Waals surface area contributed by atoms with Gasteiger partial charge < -0.3 is 0 Å². The standard InChI is InChI=1S/C25H16F2OS2/c26-21-9-3-17(4-10-21)1-7-19-13-15-29-24(19)23(28)25-20(14-16-30-25)8-2-18-5-11-22(27)12-6-18/h1-16H. The highest BCUT2D eigenvalue weighted by atomic mass is 32.1. The van der Waals surface area contributed by atoms with Crippen LogP contribution in [-0.4, -0.2) is 5.78 Å². The first-order chi connectivity index (χ1) is 14.6. The molecule has 4 aromatic rings. The molecule has 2 aromatic carbocycles. The zero-order chi connectivity index (χ0) is 20.9. The molecule has 4 rings (SSSR count). The second-order valence-electron chi connectivity index (χ2n) is 6.51. The molecule has 0 aliphatic heterocycles. The van der Waals surface area contributed by atoms with Gasteiger partial charge in [-0.2, -0.15) is 0 Å². The lowest BCUT2D eigenvalue weighted by molar-refractivity contribution is 0.104. The van der Waals surface area contributed by atoms with Crippen LogP contribution < -0.4 is 0 Å². The lowest BCUT2D eigenvalue weighted by Crippen LogP contribution is -1.99. The number of carbonyl (C=O) groups excluding carboxylic acids is 1. The third kappa shape index (κ3) is 4.70. The van der Waals surface area contributed by atoms with Gasteiger partial charge in [-0.3, -0.25) is 4.79 Å². The van der Waals surface area contributed by atoms with E-state index in [4.69, 9.17) is 0 Å². The SMILES string of the molecule is O=C(c1sccc1C=Cc1ccc(F)cc1)c1sccc1C=Cc1ccc(F)cc1. The first-order valence-corrected chi connectivity index (χ1v) is 10.9. The van der Waals surface area contributed by atoms with Gasteiger partial charge in [-0.1, -0.05) is 48.6 Å². The maximum absolute atomic E-state index is 13.2. The first-order valence-electron chi connectivity index (χ1n) is 9.17. The average Bonchev–Trinajstić information content (AvgIpc) is 3.42. The van der Waals surface area contributed by atoms with Crippen molar-refractivity contribution in [3.63, 3.8) is 0 Å². The van der Waals surface area contributed by atoms with Gasteiger partial charge in [0.05, 0.1) is 9.75 Å². The van der Waals surface area contributed by atoms with Gasteiger partial charge in [-0.15, -0.1) is 22.7 Å². The van der Waals surface area contributed by atoms with Crippen molar-refractivity contribution in [2.24, 2.45) is 0 Å². The van der Waals surface area contributed by atoms with Crippen LogP contribution in [0.5, 0.6) is 0 Å². The molecule has 5 heteroatoms. The van der Waals surface area contributed by atoms with Crippen LogP contribution in [0.15, 0.2) is 71.4 Å². The predicted molar refractivity (Wildman–Crippen MR) is 123 cm³/mol. The highest BCUT2D eigenvalue weighted by Crippen LogP contribution is 2.28. The van der Waals surface area contributed by atoms with Crippen molar-refractivity contribution in [3.05, 3.63) is 115 Å². The maximum Gasteiger partial charge on any atom is 0.214 e. The van der Waals surface area contributed by atoms with Gasteiger partial charge >= 0.3 is 0 Å². The monoisotopic (exact) mass is 434 g/mol. The number of hydrogen-bond donors (Lipinski definition) is 0. The molecule has 0 saturated heterocycles. The van der Waals surface area contributed by atoms with Crippen LogP contribution in [0.3, 0.4) is 0 Å². The number of rotatable bonds is 6. The van der Waals surface area contributed by atoms with E-state index in [-0.39, 0.29) is 17.4 Å². The second-order valence-corrected chi connectivity index (χ2v) is 8.34. The maximum atomic E-state index is 13.2. The summed E-state index contributed by atoms with van der Waals surface area (Å²) in [5, 5.41) is 3.78. The Morgan fingerprint density at radius 3 is 1.40 bits per heavy atom. The van der Waals surface area contributed by atoms with E-state index in [1.165, 1.54) is 46.9 Å². The van der Waals surface area contributed by atoms with E-state index in [2.05, 4.69) is 0 Å². The summed E-state index contributed by atoms with van der Waals surface area (Å²) >= 11 is 2.80. The molecule has 2 aromatic heterocycles. The fourth-order valence-corrected chi connectivity index (χ4v) is 4.62. The molecular weight excluding hydrogens is 418 g/mol. The minimum absolute atomic E-state index is 0.0301. The summed E-state index contributed by atoms with van der Waals surface area (Å²) in [6.45, 7) is 0. The Bertz CT molecular complexity index is 1120. The number of thiophene rings is 2. The number of carbonyl (C=O) groups is 1. The van der Waals surface area contributed by atoms with E-state index in [0.717, 1.165) is 22.3 Å². The largest absolute Gasteiger partial charge is 0.287 e. The lowest BCUT2D eigenvalue weighted by atomic mass is 10.1. The highest BCUT2D eigenvalue weighted by molar-refractivity contribution is 7.16. The number of ketones is 1. The van der Waals surface area contributed by atoms with E-state index in [1.54, 1.807) is 24.3 Å². The Labute approximate surface area is 181 Å². The van der Waals surface area contributed by atoms with E-state index in [1.807, 2.05) is 47.2 Å². The van der Waals surface area contributed by atoms with Crippen molar-refractivity contribution in [1.82, 2.24) is 0 Å². The minimum atomic E-state index is -0.280. The summed E-state index contributed by atoms with van der Waals surface area (Å²) in [5.74, 6) is -0.590. The van der Waals surface area contributed by atoms with Crippen molar-refractivity contribution >= 4 is 52.8 Å². The van der Waals surface area contributed by atoms with Crippen molar-refractivity contribution in [2.45, 2.75) is 0 Å². The zero-order valence-corrected chi connectivity index (χ0v) is 17.4. The summed E-state index contributed by atoms with van der Waals surface area (Å²) in [5.41, 5.74) is 3.38. The van der Waals surface area contributed by atoms with Gasteiger partial charge in [0.25, 0.3) is 0 Å². The Balaban J connectivity index is 1.56. The van der Waals surface area contributed by atoms with Gasteiger partial charge in [-0.25, -0.2) is 8.78 Å². The summed E-state index contributed by atoms with van der Waals surface area (Å²) < 4.78 is 26.1. The molecule has 0 unspecified atom stereocenters. The zero-order valence-electron chi connectivity index (χ0n) is 15.7. The molecule has 0 aliphatic rings. The summed E-state index contributed by atoms with van der Waals surface area (Å²) in [6.07, 6.45) is 7.47. The quantitative estimate of drug-likeness (QED) is 0.285. The molecule has 0 aliphatic carbocycles. The van der Waals surface area contributed by atoms with Crippen molar-refractivity contribution in [3.8, 4) is 0 Å². The Hall–Kier alpha value is -3.15. The van der Waals surface area contributed by atoms with E-state index in [0.29, 0.717) is 9.75 Å². The van der Waals surface area contributed by atoms with Gasteiger partial charge in [0.1, 0.15) is 11.6 Å². The second kappa shape index (κ2) is 9.11. The molecule has 0 bridgehead atoms.